The number of phenols is 3. The molecule has 2 aromatic carbocycles. The smallest absolute Gasteiger partial charge is 0.229 e. The Balaban J connectivity index is 1.59. The van der Waals surface area contributed by atoms with E-state index in [1.807, 2.05) is 0 Å². The van der Waals surface area contributed by atoms with Crippen molar-refractivity contribution in [2.24, 2.45) is 0 Å². The Bertz CT molecular complexity index is 978. The van der Waals surface area contributed by atoms with Gasteiger partial charge in [-0.2, -0.15) is 0 Å². The molecule has 8 N–H and O–H groups in total. The maximum Gasteiger partial charge on any atom is 0.229 e. The van der Waals surface area contributed by atoms with E-state index >= 15 is 0 Å². The highest BCUT2D eigenvalue weighted by molar-refractivity contribution is 5.52. The van der Waals surface area contributed by atoms with Crippen molar-refractivity contribution in [3.8, 4) is 28.7 Å². The molecular formula is C21H24O11. The molecule has 0 bridgehead atoms. The largest absolute Gasteiger partial charge is 0.508 e. The van der Waals surface area contributed by atoms with E-state index in [1.54, 1.807) is 0 Å². The molecule has 0 spiro atoms. The zero-order valence-corrected chi connectivity index (χ0v) is 16.6. The number of hydrogen-bond acceptors (Lipinski definition) is 11. The van der Waals surface area contributed by atoms with Crippen molar-refractivity contribution in [2.75, 3.05) is 6.61 Å². The monoisotopic (exact) mass is 452 g/mol. The lowest BCUT2D eigenvalue weighted by Crippen LogP contribution is -2.60. The molecular weight excluding hydrogens is 428 g/mol. The van der Waals surface area contributed by atoms with E-state index in [1.165, 1.54) is 24.3 Å². The van der Waals surface area contributed by atoms with Crippen molar-refractivity contribution in [2.45, 2.75) is 49.3 Å². The predicted molar refractivity (Wildman–Crippen MR) is 105 cm³/mol. The Labute approximate surface area is 181 Å². The first kappa shape index (κ1) is 22.4. The molecule has 32 heavy (non-hydrogen) atoms. The summed E-state index contributed by atoms with van der Waals surface area (Å²) in [6.07, 6.45) is -9.59. The van der Waals surface area contributed by atoms with E-state index in [9.17, 15) is 40.9 Å². The van der Waals surface area contributed by atoms with Gasteiger partial charge in [-0.05, 0) is 17.7 Å². The zero-order valence-electron chi connectivity index (χ0n) is 16.6. The van der Waals surface area contributed by atoms with Gasteiger partial charge in [-0.3, -0.25) is 0 Å². The third-order valence-corrected chi connectivity index (χ3v) is 5.59. The van der Waals surface area contributed by atoms with Gasteiger partial charge in [0, 0.05) is 24.1 Å². The van der Waals surface area contributed by atoms with Crippen molar-refractivity contribution in [3.63, 3.8) is 0 Å². The third kappa shape index (κ3) is 4.01. The van der Waals surface area contributed by atoms with E-state index in [-0.39, 0.29) is 35.2 Å². The van der Waals surface area contributed by atoms with E-state index in [2.05, 4.69) is 0 Å². The summed E-state index contributed by atoms with van der Waals surface area (Å²) in [5.74, 6) is -0.759. The van der Waals surface area contributed by atoms with Gasteiger partial charge in [-0.15, -0.1) is 0 Å². The Hall–Kier alpha value is -2.80. The quantitative estimate of drug-likeness (QED) is 0.285. The lowest BCUT2D eigenvalue weighted by Gasteiger charge is -2.39. The summed E-state index contributed by atoms with van der Waals surface area (Å²) >= 11 is 0. The van der Waals surface area contributed by atoms with Crippen molar-refractivity contribution in [1.82, 2.24) is 0 Å². The lowest BCUT2D eigenvalue weighted by atomic mass is 9.94. The molecule has 0 aliphatic carbocycles. The highest BCUT2D eigenvalue weighted by Gasteiger charge is 2.45. The minimum Gasteiger partial charge on any atom is -0.508 e. The second kappa shape index (κ2) is 8.62. The molecule has 0 aromatic heterocycles. The van der Waals surface area contributed by atoms with Crippen LogP contribution in [0.15, 0.2) is 30.3 Å². The van der Waals surface area contributed by atoms with E-state index < -0.39 is 49.5 Å². The van der Waals surface area contributed by atoms with Gasteiger partial charge in [0.25, 0.3) is 0 Å². The van der Waals surface area contributed by atoms with Crippen LogP contribution < -0.4 is 9.47 Å². The Kier molecular flexibility index (Phi) is 6.03. The maximum absolute atomic E-state index is 10.6. The van der Waals surface area contributed by atoms with E-state index in [0.29, 0.717) is 11.1 Å². The van der Waals surface area contributed by atoms with Gasteiger partial charge < -0.3 is 55.1 Å². The average Bonchev–Trinajstić information content (AvgIpc) is 2.75. The van der Waals surface area contributed by atoms with Gasteiger partial charge in [-0.25, -0.2) is 0 Å². The highest BCUT2D eigenvalue weighted by Crippen LogP contribution is 2.43. The molecule has 4 rings (SSSR count). The number of fused-ring (bicyclic) bond motifs is 1. The molecule has 174 valence electrons. The molecule has 0 radical (unpaired) electrons. The van der Waals surface area contributed by atoms with Gasteiger partial charge in [0.05, 0.1) is 12.7 Å². The summed E-state index contributed by atoms with van der Waals surface area (Å²) in [4.78, 5) is 0. The lowest BCUT2D eigenvalue weighted by molar-refractivity contribution is -0.277. The molecule has 0 unspecified atom stereocenters. The fourth-order valence-electron chi connectivity index (χ4n) is 3.84. The van der Waals surface area contributed by atoms with Gasteiger partial charge >= 0.3 is 0 Å². The second-order valence-electron chi connectivity index (χ2n) is 7.79. The average molecular weight is 452 g/mol. The van der Waals surface area contributed by atoms with Crippen molar-refractivity contribution in [1.29, 1.82) is 0 Å². The molecule has 2 aromatic rings. The molecule has 0 saturated carbocycles. The highest BCUT2D eigenvalue weighted by atomic mass is 16.7. The van der Waals surface area contributed by atoms with Gasteiger partial charge in [0.1, 0.15) is 47.8 Å². The normalized spacial score (nSPS) is 32.1. The van der Waals surface area contributed by atoms with Crippen LogP contribution in [0.3, 0.4) is 0 Å². The molecule has 2 aliphatic heterocycles. The summed E-state index contributed by atoms with van der Waals surface area (Å²) in [5, 5.41) is 79.7. The van der Waals surface area contributed by atoms with Gasteiger partial charge in [0.15, 0.2) is 11.5 Å². The number of aliphatic hydroxyl groups excluding tert-OH is 5. The Morgan fingerprint density at radius 2 is 1.66 bits per heavy atom. The van der Waals surface area contributed by atoms with Gasteiger partial charge in [-0.1, -0.05) is 6.07 Å². The van der Waals surface area contributed by atoms with E-state index in [4.69, 9.17) is 14.2 Å². The van der Waals surface area contributed by atoms with E-state index in [0.717, 1.165) is 6.07 Å². The number of benzene rings is 2. The fourth-order valence-corrected chi connectivity index (χ4v) is 3.84. The van der Waals surface area contributed by atoms with Crippen molar-refractivity contribution in [3.05, 3.63) is 41.5 Å². The Morgan fingerprint density at radius 1 is 0.906 bits per heavy atom. The fraction of sp³-hybridized carbons (Fsp3) is 0.429. The summed E-state index contributed by atoms with van der Waals surface area (Å²) in [5.41, 5.74) is 0.700. The maximum atomic E-state index is 10.6. The van der Waals surface area contributed by atoms with Crippen LogP contribution in [0.5, 0.6) is 28.7 Å². The topological polar surface area (TPSA) is 190 Å². The molecule has 11 heteroatoms. The number of phenolic OH excluding ortho intramolecular Hbond substituents is 3. The van der Waals surface area contributed by atoms with Crippen LogP contribution in [-0.4, -0.2) is 84.3 Å². The van der Waals surface area contributed by atoms with Crippen LogP contribution in [0.25, 0.3) is 0 Å². The third-order valence-electron chi connectivity index (χ3n) is 5.59. The van der Waals surface area contributed by atoms with Crippen LogP contribution >= 0.6 is 0 Å². The zero-order chi connectivity index (χ0) is 23.2. The number of aliphatic hydroxyl groups is 5. The number of ether oxygens (including phenoxy) is 3. The summed E-state index contributed by atoms with van der Waals surface area (Å²) < 4.78 is 16.6. The number of hydrogen-bond donors (Lipinski definition) is 8. The summed E-state index contributed by atoms with van der Waals surface area (Å²) in [7, 11) is 0. The molecule has 0 amide bonds. The standard InChI is InChI=1S/C21H24O11/c22-7-16-17(27)18(28)19(29)21(32-16)31-15-3-8(1-2-11(15)24)20-13(26)6-10-12(25)4-9(23)5-14(10)30-20/h1-5,13,16-29H,6-7H2/t13-,16-,17-,18+,19-,20-,21-/m1/s1. The van der Waals surface area contributed by atoms with Crippen LogP contribution in [0.2, 0.25) is 0 Å². The molecule has 11 nitrogen and oxygen atoms in total. The van der Waals surface area contributed by atoms with Gasteiger partial charge in [0.2, 0.25) is 6.29 Å². The Morgan fingerprint density at radius 3 is 2.38 bits per heavy atom. The minimum absolute atomic E-state index is 0.0376. The van der Waals surface area contributed by atoms with Crippen molar-refractivity contribution < 1.29 is 55.1 Å². The van der Waals surface area contributed by atoms with Crippen LogP contribution in [0.1, 0.15) is 17.2 Å². The summed E-state index contributed by atoms with van der Waals surface area (Å²) in [6, 6.07) is 6.51. The molecule has 1 saturated heterocycles. The van der Waals surface area contributed by atoms with Crippen LogP contribution in [-0.2, 0) is 11.2 Å². The van der Waals surface area contributed by atoms with Crippen LogP contribution in [0, 0.1) is 0 Å². The minimum atomic E-state index is -1.68. The molecule has 2 aliphatic rings. The summed E-state index contributed by atoms with van der Waals surface area (Å²) in [6.45, 7) is -0.641. The van der Waals surface area contributed by atoms with Crippen molar-refractivity contribution >= 4 is 0 Å². The number of aromatic hydroxyl groups is 3. The number of rotatable bonds is 4. The first-order chi connectivity index (χ1) is 15.2. The second-order valence-corrected chi connectivity index (χ2v) is 7.79. The predicted octanol–water partition coefficient (Wildman–Crippen LogP) is -0.981. The molecule has 2 heterocycles. The first-order valence-corrected chi connectivity index (χ1v) is 9.89. The van der Waals surface area contributed by atoms with Crippen LogP contribution in [0.4, 0.5) is 0 Å². The SMILES string of the molecule is OC[C@H]1O[C@@H](Oc2cc([C@H]3Oc4cc(O)cc(O)c4C[C@H]3O)ccc2O)[C@H](O)[C@@H](O)[C@@H]1O. The first-order valence-electron chi connectivity index (χ1n) is 9.89. The molecule has 1 fully saturated rings. The molecule has 7 atom stereocenters.